The van der Waals surface area contributed by atoms with E-state index in [4.69, 9.17) is 4.42 Å². The zero-order valence-corrected chi connectivity index (χ0v) is 13.8. The molecular weight excluding hydrogens is 319 g/mol. The molecule has 124 valence electrons. The molecule has 2 aromatic carbocycles. The van der Waals surface area contributed by atoms with Gasteiger partial charge in [0, 0.05) is 16.5 Å². The van der Waals surface area contributed by atoms with Crippen LogP contribution in [-0.2, 0) is 0 Å². The fraction of sp³-hybridized carbons (Fsp3) is 0.100. The molecule has 0 aliphatic heterocycles. The smallest absolute Gasteiger partial charge is 0.291 e. The topological polar surface area (TPSA) is 55.1 Å². The van der Waals surface area contributed by atoms with Crippen LogP contribution in [0.5, 0.6) is 0 Å². The van der Waals surface area contributed by atoms with E-state index >= 15 is 0 Å². The number of furan rings is 1. The summed E-state index contributed by atoms with van der Waals surface area (Å²) in [7, 11) is 0. The van der Waals surface area contributed by atoms with Gasteiger partial charge >= 0.3 is 0 Å². The summed E-state index contributed by atoms with van der Waals surface area (Å²) < 4.78 is 19.2. The van der Waals surface area contributed by atoms with Crippen LogP contribution in [-0.4, -0.2) is 10.9 Å². The van der Waals surface area contributed by atoms with Gasteiger partial charge in [0.05, 0.1) is 5.52 Å². The first-order chi connectivity index (χ1) is 12.0. The Morgan fingerprint density at radius 3 is 2.68 bits per heavy atom. The van der Waals surface area contributed by atoms with Gasteiger partial charge in [-0.15, -0.1) is 0 Å². The van der Waals surface area contributed by atoms with Crippen LogP contribution in [0.4, 0.5) is 10.1 Å². The van der Waals surface area contributed by atoms with Gasteiger partial charge in [0.2, 0.25) is 5.71 Å². The molecule has 5 heteroatoms. The summed E-state index contributed by atoms with van der Waals surface area (Å²) in [6.07, 6.45) is 0. The van der Waals surface area contributed by atoms with Crippen molar-refractivity contribution in [2.45, 2.75) is 13.8 Å². The number of hydrogen-bond acceptors (Lipinski definition) is 3. The summed E-state index contributed by atoms with van der Waals surface area (Å²) in [6, 6.07) is 14.1. The Hall–Kier alpha value is -3.21. The number of amides is 1. The molecule has 4 nitrogen and oxygen atoms in total. The maximum absolute atomic E-state index is 13.6. The highest BCUT2D eigenvalue weighted by Crippen LogP contribution is 2.24. The number of rotatable bonds is 2. The van der Waals surface area contributed by atoms with Crippen molar-refractivity contribution in [2.24, 2.45) is 0 Å². The summed E-state index contributed by atoms with van der Waals surface area (Å²) in [5.41, 5.74) is 3.22. The number of benzene rings is 2. The standard InChI is InChI=1S/C20H15FN2O2/c1-11-3-5-13-8-14-9-18(25-20(14)23-17(13)7-11)19(24)22-15-6-4-12(2)16(21)10-15/h3-10H,1-2H3,(H,22,24). The summed E-state index contributed by atoms with van der Waals surface area (Å²) in [5, 5.41) is 4.36. The first kappa shape index (κ1) is 15.3. The van der Waals surface area contributed by atoms with Gasteiger partial charge in [0.25, 0.3) is 5.91 Å². The van der Waals surface area contributed by atoms with Crippen LogP contribution in [0, 0.1) is 19.7 Å². The van der Waals surface area contributed by atoms with Crippen molar-refractivity contribution < 1.29 is 13.6 Å². The van der Waals surface area contributed by atoms with Crippen LogP contribution < -0.4 is 5.32 Å². The number of hydrogen-bond donors (Lipinski definition) is 1. The number of nitrogens with one attached hydrogen (secondary N) is 1. The SMILES string of the molecule is Cc1ccc2cc3cc(C(=O)Nc4ccc(C)c(F)c4)oc3nc2c1. The van der Waals surface area contributed by atoms with E-state index in [0.29, 0.717) is 17.0 Å². The summed E-state index contributed by atoms with van der Waals surface area (Å²) in [4.78, 5) is 16.8. The maximum Gasteiger partial charge on any atom is 0.291 e. The van der Waals surface area contributed by atoms with E-state index in [1.807, 2.05) is 31.2 Å². The number of pyridine rings is 1. The molecule has 1 N–H and O–H groups in total. The molecule has 4 rings (SSSR count). The fourth-order valence-electron chi connectivity index (χ4n) is 2.71. The third-order valence-electron chi connectivity index (χ3n) is 4.11. The zero-order chi connectivity index (χ0) is 17.6. The normalized spacial score (nSPS) is 11.2. The highest BCUT2D eigenvalue weighted by atomic mass is 19.1. The maximum atomic E-state index is 13.6. The van der Waals surface area contributed by atoms with E-state index in [-0.39, 0.29) is 11.6 Å². The van der Waals surface area contributed by atoms with Crippen molar-refractivity contribution in [3.8, 4) is 0 Å². The summed E-state index contributed by atoms with van der Waals surface area (Å²) >= 11 is 0. The molecule has 4 aromatic rings. The molecule has 0 radical (unpaired) electrons. The Labute approximate surface area is 143 Å². The minimum atomic E-state index is -0.443. The average molecular weight is 334 g/mol. The number of nitrogens with zero attached hydrogens (tertiary/aromatic N) is 1. The summed E-state index contributed by atoms with van der Waals surface area (Å²) in [5.74, 6) is -0.678. The lowest BCUT2D eigenvalue weighted by atomic mass is 10.1. The number of carbonyl (C=O) groups is 1. The van der Waals surface area contributed by atoms with Gasteiger partial charge in [-0.3, -0.25) is 4.79 Å². The van der Waals surface area contributed by atoms with Crippen LogP contribution in [0.2, 0.25) is 0 Å². The lowest BCUT2D eigenvalue weighted by Crippen LogP contribution is -2.11. The van der Waals surface area contributed by atoms with Gasteiger partial charge in [-0.05, 0) is 55.3 Å². The molecule has 0 spiro atoms. The minimum Gasteiger partial charge on any atom is -0.433 e. The molecule has 0 saturated heterocycles. The van der Waals surface area contributed by atoms with E-state index in [0.717, 1.165) is 21.9 Å². The Morgan fingerprint density at radius 1 is 1.04 bits per heavy atom. The van der Waals surface area contributed by atoms with Crippen molar-refractivity contribution in [1.29, 1.82) is 0 Å². The van der Waals surface area contributed by atoms with Crippen LogP contribution in [0.15, 0.2) is 52.9 Å². The van der Waals surface area contributed by atoms with E-state index < -0.39 is 5.91 Å². The molecule has 1 amide bonds. The largest absolute Gasteiger partial charge is 0.433 e. The average Bonchev–Trinajstić information content (AvgIpc) is 2.99. The molecule has 0 unspecified atom stereocenters. The van der Waals surface area contributed by atoms with Gasteiger partial charge in [0.15, 0.2) is 5.76 Å². The predicted molar refractivity (Wildman–Crippen MR) is 95.3 cm³/mol. The molecule has 0 aliphatic rings. The number of fused-ring (bicyclic) bond motifs is 2. The quantitative estimate of drug-likeness (QED) is 0.562. The fourth-order valence-corrected chi connectivity index (χ4v) is 2.71. The van der Waals surface area contributed by atoms with Crippen molar-refractivity contribution in [3.63, 3.8) is 0 Å². The highest BCUT2D eigenvalue weighted by molar-refractivity contribution is 6.05. The van der Waals surface area contributed by atoms with Crippen molar-refractivity contribution in [1.82, 2.24) is 4.98 Å². The highest BCUT2D eigenvalue weighted by Gasteiger charge is 2.14. The zero-order valence-electron chi connectivity index (χ0n) is 13.8. The predicted octanol–water partition coefficient (Wildman–Crippen LogP) is 4.99. The number of anilines is 1. The first-order valence-corrected chi connectivity index (χ1v) is 7.88. The lowest BCUT2D eigenvalue weighted by molar-refractivity contribution is 0.0998. The van der Waals surface area contributed by atoms with E-state index in [2.05, 4.69) is 10.3 Å². The van der Waals surface area contributed by atoms with Crippen molar-refractivity contribution >= 4 is 33.6 Å². The minimum absolute atomic E-state index is 0.135. The van der Waals surface area contributed by atoms with Crippen LogP contribution in [0.1, 0.15) is 21.7 Å². The summed E-state index contributed by atoms with van der Waals surface area (Å²) in [6.45, 7) is 3.66. The Bertz CT molecular complexity index is 1130. The van der Waals surface area contributed by atoms with Crippen molar-refractivity contribution in [3.05, 3.63) is 71.2 Å². The number of carbonyl (C=O) groups excluding carboxylic acids is 1. The van der Waals surface area contributed by atoms with E-state index in [1.54, 1.807) is 25.1 Å². The third-order valence-corrected chi connectivity index (χ3v) is 4.11. The second-order valence-electron chi connectivity index (χ2n) is 6.11. The van der Waals surface area contributed by atoms with Gasteiger partial charge < -0.3 is 9.73 Å². The molecule has 0 aliphatic carbocycles. The molecule has 0 fully saturated rings. The van der Waals surface area contributed by atoms with Crippen LogP contribution in [0.3, 0.4) is 0 Å². The molecule has 0 atom stereocenters. The second kappa shape index (κ2) is 5.70. The number of aryl methyl sites for hydroxylation is 2. The van der Waals surface area contributed by atoms with E-state index in [9.17, 15) is 9.18 Å². The van der Waals surface area contributed by atoms with Gasteiger partial charge in [-0.2, -0.15) is 0 Å². The Balaban J connectivity index is 1.69. The molecule has 2 aromatic heterocycles. The van der Waals surface area contributed by atoms with Crippen molar-refractivity contribution in [2.75, 3.05) is 5.32 Å². The molecule has 0 bridgehead atoms. The third kappa shape index (κ3) is 2.85. The lowest BCUT2D eigenvalue weighted by Gasteiger charge is -2.04. The number of halogens is 1. The molecular formula is C20H15FN2O2. The van der Waals surface area contributed by atoms with Gasteiger partial charge in [0.1, 0.15) is 5.82 Å². The Morgan fingerprint density at radius 2 is 1.88 bits per heavy atom. The Kier molecular flexibility index (Phi) is 3.50. The van der Waals surface area contributed by atoms with E-state index in [1.165, 1.54) is 6.07 Å². The van der Waals surface area contributed by atoms with Gasteiger partial charge in [-0.25, -0.2) is 9.37 Å². The van der Waals surface area contributed by atoms with Gasteiger partial charge in [-0.1, -0.05) is 18.2 Å². The van der Waals surface area contributed by atoms with Crippen LogP contribution >= 0.6 is 0 Å². The second-order valence-corrected chi connectivity index (χ2v) is 6.11. The molecule has 2 heterocycles. The molecule has 25 heavy (non-hydrogen) atoms. The molecule has 0 saturated carbocycles. The van der Waals surface area contributed by atoms with Crippen LogP contribution in [0.25, 0.3) is 22.0 Å². The first-order valence-electron chi connectivity index (χ1n) is 7.88. The monoisotopic (exact) mass is 334 g/mol. The number of aromatic nitrogens is 1.